The number of hydrogen-bond donors (Lipinski definition) is 2. The van der Waals surface area contributed by atoms with Crippen molar-refractivity contribution >= 4 is 23.1 Å². The highest BCUT2D eigenvalue weighted by Gasteiger charge is 2.17. The molecule has 5 nitrogen and oxygen atoms in total. The van der Waals surface area contributed by atoms with Crippen molar-refractivity contribution in [2.75, 3.05) is 5.73 Å². The summed E-state index contributed by atoms with van der Waals surface area (Å²) in [6.07, 6.45) is 11.0. The van der Waals surface area contributed by atoms with Crippen LogP contribution >= 0.6 is 0 Å². The van der Waals surface area contributed by atoms with Crippen LogP contribution in [0.5, 0.6) is 0 Å². The third-order valence-corrected chi connectivity index (χ3v) is 3.79. The first-order valence-electron chi connectivity index (χ1n) is 9.65. The van der Waals surface area contributed by atoms with E-state index in [1.54, 1.807) is 0 Å². The minimum absolute atomic E-state index is 0.0659. The molecule has 1 aliphatic heterocycles. The van der Waals surface area contributed by atoms with Crippen LogP contribution in [0.25, 0.3) is 0 Å². The number of nitrogens with two attached hydrogens (primary N) is 1. The number of nitrogen functional groups attached to an aromatic ring is 1. The monoisotopic (exact) mass is 381 g/mol. The SMILES string of the molecule is CC.CC(C)=O.Nc1cccc(C/C2=N/NC(=O)CC3=CCC=CC=C3C2)c1. The zero-order valence-corrected chi connectivity index (χ0v) is 17.3. The molecule has 28 heavy (non-hydrogen) atoms. The van der Waals surface area contributed by atoms with Gasteiger partial charge < -0.3 is 10.5 Å². The fraction of sp³-hybridized carbons (Fsp3) is 0.348. The van der Waals surface area contributed by atoms with Gasteiger partial charge in [0, 0.05) is 24.2 Å². The number of nitrogens with one attached hydrogen (secondary N) is 1. The maximum Gasteiger partial charge on any atom is 0.244 e. The second-order valence-corrected chi connectivity index (χ2v) is 6.48. The van der Waals surface area contributed by atoms with Gasteiger partial charge in [0.25, 0.3) is 0 Å². The number of amides is 1. The highest BCUT2D eigenvalue weighted by molar-refractivity contribution is 5.93. The van der Waals surface area contributed by atoms with E-state index in [9.17, 15) is 9.59 Å². The van der Waals surface area contributed by atoms with Crippen LogP contribution in [0.1, 0.15) is 52.5 Å². The van der Waals surface area contributed by atoms with E-state index in [4.69, 9.17) is 5.73 Å². The van der Waals surface area contributed by atoms with Gasteiger partial charge in [0.2, 0.25) is 5.91 Å². The quantitative estimate of drug-likeness (QED) is 0.739. The minimum atomic E-state index is -0.0659. The Bertz CT molecular complexity index is 798. The van der Waals surface area contributed by atoms with Crippen molar-refractivity contribution in [2.24, 2.45) is 5.10 Å². The van der Waals surface area contributed by atoms with Gasteiger partial charge in [-0.1, -0.05) is 50.3 Å². The number of nitrogens with zero attached hydrogens (tertiary/aromatic N) is 1. The Kier molecular flexibility index (Phi) is 10.3. The first kappa shape index (κ1) is 23.1. The Hall–Kier alpha value is -2.95. The summed E-state index contributed by atoms with van der Waals surface area (Å²) in [7, 11) is 0. The number of hydrazone groups is 1. The largest absolute Gasteiger partial charge is 0.399 e. The Labute approximate surface area is 168 Å². The molecule has 3 rings (SSSR count). The van der Waals surface area contributed by atoms with Crippen LogP contribution in [0, 0.1) is 0 Å². The Morgan fingerprint density at radius 1 is 1.18 bits per heavy atom. The maximum atomic E-state index is 11.9. The van der Waals surface area contributed by atoms with Crippen molar-refractivity contribution in [3.63, 3.8) is 0 Å². The highest BCUT2D eigenvalue weighted by atomic mass is 16.2. The van der Waals surface area contributed by atoms with Crippen molar-refractivity contribution in [3.8, 4) is 0 Å². The van der Waals surface area contributed by atoms with Gasteiger partial charge in [0.15, 0.2) is 0 Å². The number of allylic oxidation sites excluding steroid dienone is 5. The van der Waals surface area contributed by atoms with Crippen LogP contribution in [0.3, 0.4) is 0 Å². The van der Waals surface area contributed by atoms with Gasteiger partial charge >= 0.3 is 0 Å². The predicted octanol–water partition coefficient (Wildman–Crippen LogP) is 4.51. The van der Waals surface area contributed by atoms with Gasteiger partial charge in [-0.05, 0) is 49.1 Å². The molecule has 2 aliphatic rings. The maximum absolute atomic E-state index is 11.9. The second kappa shape index (κ2) is 12.4. The van der Waals surface area contributed by atoms with Crippen molar-refractivity contribution in [1.82, 2.24) is 5.43 Å². The predicted molar refractivity (Wildman–Crippen MR) is 117 cm³/mol. The molecule has 0 radical (unpaired) electrons. The number of carbonyl (C=O) groups is 2. The number of anilines is 1. The molecule has 0 saturated heterocycles. The molecule has 150 valence electrons. The molecule has 0 aromatic heterocycles. The third-order valence-electron chi connectivity index (χ3n) is 3.79. The highest BCUT2D eigenvalue weighted by Crippen LogP contribution is 2.24. The van der Waals surface area contributed by atoms with Crippen molar-refractivity contribution in [3.05, 3.63) is 65.3 Å². The Balaban J connectivity index is 0.000000583. The van der Waals surface area contributed by atoms with Crippen molar-refractivity contribution < 1.29 is 9.59 Å². The van der Waals surface area contributed by atoms with E-state index in [1.165, 1.54) is 19.4 Å². The Morgan fingerprint density at radius 2 is 1.89 bits per heavy atom. The molecule has 1 amide bonds. The fourth-order valence-corrected chi connectivity index (χ4v) is 2.72. The molecule has 1 aromatic rings. The van der Waals surface area contributed by atoms with E-state index < -0.39 is 0 Å². The van der Waals surface area contributed by atoms with E-state index in [0.717, 1.165) is 35.4 Å². The standard InChI is InChI=1S/C18H19N3O.C3H6O.C2H6/c19-16-8-4-5-13(9-16)10-17-11-14-6-2-1-3-7-15(14)12-18(22)21-20-17;1-3(2)4;1-2/h1-2,4-9H,3,10-12,19H2,(H,21,22);1-2H3;1-2H3/b20-17-;;. The molecular weight excluding hydrogens is 350 g/mol. The molecule has 0 atom stereocenters. The summed E-state index contributed by atoms with van der Waals surface area (Å²) in [4.78, 5) is 21.4. The van der Waals surface area contributed by atoms with Crippen LogP contribution in [-0.4, -0.2) is 17.4 Å². The molecule has 0 unspecified atom stereocenters. The minimum Gasteiger partial charge on any atom is -0.399 e. The van der Waals surface area contributed by atoms with Gasteiger partial charge in [-0.15, -0.1) is 0 Å². The lowest BCUT2D eigenvalue weighted by molar-refractivity contribution is -0.120. The molecular formula is C23H31N3O2. The third kappa shape index (κ3) is 8.62. The number of rotatable bonds is 2. The van der Waals surface area contributed by atoms with Crippen LogP contribution < -0.4 is 11.2 Å². The summed E-state index contributed by atoms with van der Waals surface area (Å²) in [5.74, 6) is 0.101. The molecule has 0 spiro atoms. The van der Waals surface area contributed by atoms with Crippen LogP contribution in [0.2, 0.25) is 0 Å². The van der Waals surface area contributed by atoms with Gasteiger partial charge in [-0.3, -0.25) is 4.79 Å². The molecule has 1 aliphatic carbocycles. The molecule has 0 saturated carbocycles. The van der Waals surface area contributed by atoms with E-state index in [-0.39, 0.29) is 11.7 Å². The smallest absolute Gasteiger partial charge is 0.244 e. The first-order valence-corrected chi connectivity index (χ1v) is 9.65. The van der Waals surface area contributed by atoms with Crippen LogP contribution in [0.4, 0.5) is 5.69 Å². The summed E-state index contributed by atoms with van der Waals surface area (Å²) in [6, 6.07) is 7.77. The average molecular weight is 382 g/mol. The fourth-order valence-electron chi connectivity index (χ4n) is 2.72. The number of benzene rings is 1. The number of carbonyl (C=O) groups excluding carboxylic acids is 2. The second-order valence-electron chi connectivity index (χ2n) is 6.48. The first-order chi connectivity index (χ1) is 13.4. The molecule has 1 heterocycles. The van der Waals surface area contributed by atoms with Crippen LogP contribution in [0.15, 0.2) is 64.8 Å². The zero-order valence-electron chi connectivity index (χ0n) is 17.3. The lowest BCUT2D eigenvalue weighted by Crippen LogP contribution is -2.24. The summed E-state index contributed by atoms with van der Waals surface area (Å²) >= 11 is 0. The van der Waals surface area contributed by atoms with E-state index >= 15 is 0 Å². The number of hydrogen-bond acceptors (Lipinski definition) is 4. The van der Waals surface area contributed by atoms with Crippen LogP contribution in [-0.2, 0) is 16.0 Å². The molecule has 5 heteroatoms. The number of ketones is 1. The summed E-state index contributed by atoms with van der Waals surface area (Å²) < 4.78 is 0. The summed E-state index contributed by atoms with van der Waals surface area (Å²) in [5.41, 5.74) is 13.5. The van der Waals surface area contributed by atoms with Crippen molar-refractivity contribution in [2.45, 2.75) is 53.4 Å². The molecule has 0 bridgehead atoms. The topological polar surface area (TPSA) is 84.6 Å². The molecule has 3 N–H and O–H groups in total. The summed E-state index contributed by atoms with van der Waals surface area (Å²) in [5, 5.41) is 4.29. The van der Waals surface area contributed by atoms with Gasteiger partial charge in [0.05, 0.1) is 6.42 Å². The number of fused-ring (bicyclic) bond motifs is 1. The van der Waals surface area contributed by atoms with Gasteiger partial charge in [0.1, 0.15) is 5.78 Å². The molecule has 0 fully saturated rings. The molecule has 1 aromatic carbocycles. The van der Waals surface area contributed by atoms with E-state index in [2.05, 4.69) is 34.8 Å². The van der Waals surface area contributed by atoms with E-state index in [0.29, 0.717) is 12.8 Å². The van der Waals surface area contributed by atoms with Crippen molar-refractivity contribution in [1.29, 1.82) is 0 Å². The number of Topliss-reactive ketones (excluding diaryl/α,β-unsaturated/α-hetero) is 1. The van der Waals surface area contributed by atoms with Gasteiger partial charge in [-0.25, -0.2) is 5.43 Å². The Morgan fingerprint density at radius 3 is 2.57 bits per heavy atom. The normalized spacial score (nSPS) is 17.1. The van der Waals surface area contributed by atoms with Gasteiger partial charge in [-0.2, -0.15) is 5.10 Å². The lowest BCUT2D eigenvalue weighted by Gasteiger charge is -2.16. The summed E-state index contributed by atoms with van der Waals surface area (Å²) in [6.45, 7) is 7.06. The lowest BCUT2D eigenvalue weighted by atomic mass is 9.94. The average Bonchev–Trinajstić information content (AvgIpc) is 2.85. The zero-order chi connectivity index (χ0) is 20.9. The van der Waals surface area contributed by atoms with E-state index in [1.807, 2.05) is 38.1 Å².